The zero-order valence-electron chi connectivity index (χ0n) is 8.42. The second kappa shape index (κ2) is 3.90. The van der Waals surface area contributed by atoms with Gasteiger partial charge in [-0.2, -0.15) is 16.9 Å². The Morgan fingerprint density at radius 3 is 2.79 bits per heavy atom. The van der Waals surface area contributed by atoms with Crippen molar-refractivity contribution in [2.75, 3.05) is 11.5 Å². The van der Waals surface area contributed by atoms with Crippen LogP contribution in [-0.2, 0) is 12.0 Å². The SMILES string of the molecule is CC1(c2n[nH]c(CN)n2)CCSCC1. The first kappa shape index (κ1) is 9.98. The van der Waals surface area contributed by atoms with E-state index in [2.05, 4.69) is 22.1 Å². The van der Waals surface area contributed by atoms with Crippen LogP contribution in [0.2, 0.25) is 0 Å². The molecule has 0 aromatic carbocycles. The largest absolute Gasteiger partial charge is 0.324 e. The molecule has 0 amide bonds. The molecule has 1 aromatic rings. The van der Waals surface area contributed by atoms with Crippen LogP contribution in [0.15, 0.2) is 0 Å². The van der Waals surface area contributed by atoms with Crippen molar-refractivity contribution < 1.29 is 0 Å². The van der Waals surface area contributed by atoms with E-state index >= 15 is 0 Å². The van der Waals surface area contributed by atoms with Crippen LogP contribution in [0.3, 0.4) is 0 Å². The van der Waals surface area contributed by atoms with Gasteiger partial charge in [0, 0.05) is 5.41 Å². The van der Waals surface area contributed by atoms with E-state index < -0.39 is 0 Å². The molecule has 78 valence electrons. The number of H-pyrrole nitrogens is 1. The van der Waals surface area contributed by atoms with Gasteiger partial charge in [0.05, 0.1) is 6.54 Å². The molecule has 1 saturated heterocycles. The number of nitrogens with two attached hydrogens (primary N) is 1. The van der Waals surface area contributed by atoms with E-state index in [0.29, 0.717) is 6.54 Å². The number of aromatic nitrogens is 3. The Labute approximate surface area is 88.1 Å². The average Bonchev–Trinajstić information content (AvgIpc) is 2.67. The van der Waals surface area contributed by atoms with Crippen LogP contribution in [-0.4, -0.2) is 26.7 Å². The Hall–Kier alpha value is -0.550. The molecule has 1 fully saturated rings. The molecule has 0 aliphatic carbocycles. The summed E-state index contributed by atoms with van der Waals surface area (Å²) < 4.78 is 0. The summed E-state index contributed by atoms with van der Waals surface area (Å²) in [5, 5.41) is 7.14. The van der Waals surface area contributed by atoms with Crippen LogP contribution in [0.5, 0.6) is 0 Å². The smallest absolute Gasteiger partial charge is 0.156 e. The van der Waals surface area contributed by atoms with Gasteiger partial charge in [-0.15, -0.1) is 0 Å². The first-order valence-corrected chi connectivity index (χ1v) is 6.10. The Bertz CT molecular complexity index is 304. The molecule has 3 N–H and O–H groups in total. The number of aromatic amines is 1. The van der Waals surface area contributed by atoms with Gasteiger partial charge in [0.1, 0.15) is 5.82 Å². The van der Waals surface area contributed by atoms with E-state index in [9.17, 15) is 0 Å². The minimum atomic E-state index is 0.162. The lowest BCUT2D eigenvalue weighted by Crippen LogP contribution is -2.28. The van der Waals surface area contributed by atoms with Gasteiger partial charge >= 0.3 is 0 Å². The molecule has 2 rings (SSSR count). The zero-order valence-corrected chi connectivity index (χ0v) is 9.23. The summed E-state index contributed by atoms with van der Waals surface area (Å²) in [6.07, 6.45) is 2.33. The zero-order chi connectivity index (χ0) is 10.0. The van der Waals surface area contributed by atoms with E-state index in [1.165, 1.54) is 24.3 Å². The number of hydrogen-bond donors (Lipinski definition) is 2. The predicted molar refractivity (Wildman–Crippen MR) is 58.2 cm³/mol. The molecule has 1 aliphatic rings. The highest BCUT2D eigenvalue weighted by molar-refractivity contribution is 7.99. The van der Waals surface area contributed by atoms with Crippen molar-refractivity contribution in [3.8, 4) is 0 Å². The fourth-order valence-corrected chi connectivity index (χ4v) is 3.10. The van der Waals surface area contributed by atoms with Gasteiger partial charge in [0.25, 0.3) is 0 Å². The van der Waals surface area contributed by atoms with Crippen LogP contribution in [0.25, 0.3) is 0 Å². The molecular weight excluding hydrogens is 196 g/mol. The topological polar surface area (TPSA) is 67.6 Å². The van der Waals surface area contributed by atoms with Gasteiger partial charge in [-0.3, -0.25) is 5.10 Å². The van der Waals surface area contributed by atoms with E-state index in [-0.39, 0.29) is 5.41 Å². The van der Waals surface area contributed by atoms with Crippen LogP contribution in [0.1, 0.15) is 31.4 Å². The number of nitrogens with one attached hydrogen (secondary N) is 1. The standard InChI is InChI=1S/C9H16N4S/c1-9(2-4-14-5-3-9)8-11-7(6-10)12-13-8/h2-6,10H2,1H3,(H,11,12,13). The minimum absolute atomic E-state index is 0.162. The summed E-state index contributed by atoms with van der Waals surface area (Å²) in [6.45, 7) is 2.69. The summed E-state index contributed by atoms with van der Waals surface area (Å²) in [6, 6.07) is 0. The van der Waals surface area contributed by atoms with E-state index in [1.807, 2.05) is 11.8 Å². The first-order chi connectivity index (χ1) is 6.74. The lowest BCUT2D eigenvalue weighted by Gasteiger charge is -2.30. The number of rotatable bonds is 2. The highest BCUT2D eigenvalue weighted by Gasteiger charge is 2.32. The third-order valence-electron chi connectivity index (χ3n) is 2.86. The highest BCUT2D eigenvalue weighted by Crippen LogP contribution is 2.35. The van der Waals surface area contributed by atoms with E-state index in [4.69, 9.17) is 5.73 Å². The van der Waals surface area contributed by atoms with Crippen molar-refractivity contribution in [2.45, 2.75) is 31.7 Å². The van der Waals surface area contributed by atoms with Crippen molar-refractivity contribution in [3.05, 3.63) is 11.6 Å². The Kier molecular flexibility index (Phi) is 2.78. The maximum Gasteiger partial charge on any atom is 0.156 e. The lowest BCUT2D eigenvalue weighted by atomic mass is 9.83. The quantitative estimate of drug-likeness (QED) is 0.769. The average molecular weight is 212 g/mol. The van der Waals surface area contributed by atoms with Crippen molar-refractivity contribution in [1.82, 2.24) is 15.2 Å². The Morgan fingerprint density at radius 2 is 2.21 bits per heavy atom. The molecule has 0 bridgehead atoms. The molecule has 0 unspecified atom stereocenters. The maximum atomic E-state index is 5.50. The summed E-state index contributed by atoms with van der Waals surface area (Å²) >= 11 is 2.01. The number of nitrogens with zero attached hydrogens (tertiary/aromatic N) is 2. The van der Waals surface area contributed by atoms with Gasteiger partial charge in [0.2, 0.25) is 0 Å². The fourth-order valence-electron chi connectivity index (χ4n) is 1.70. The van der Waals surface area contributed by atoms with Gasteiger partial charge in [0.15, 0.2) is 5.82 Å². The highest BCUT2D eigenvalue weighted by atomic mass is 32.2. The van der Waals surface area contributed by atoms with Crippen LogP contribution < -0.4 is 5.73 Å². The van der Waals surface area contributed by atoms with Crippen LogP contribution in [0, 0.1) is 0 Å². The third kappa shape index (κ3) is 1.79. The fraction of sp³-hybridized carbons (Fsp3) is 0.778. The summed E-state index contributed by atoms with van der Waals surface area (Å²) in [4.78, 5) is 4.42. The van der Waals surface area contributed by atoms with Crippen molar-refractivity contribution in [1.29, 1.82) is 0 Å². The molecule has 5 heteroatoms. The van der Waals surface area contributed by atoms with E-state index in [0.717, 1.165) is 11.6 Å². The van der Waals surface area contributed by atoms with Crippen molar-refractivity contribution in [2.24, 2.45) is 5.73 Å². The summed E-state index contributed by atoms with van der Waals surface area (Å²) in [5.74, 6) is 4.16. The monoisotopic (exact) mass is 212 g/mol. The normalized spacial score (nSPS) is 21.0. The van der Waals surface area contributed by atoms with Gasteiger partial charge in [-0.1, -0.05) is 6.92 Å². The lowest BCUT2D eigenvalue weighted by molar-refractivity contribution is 0.411. The molecule has 1 aliphatic heterocycles. The molecule has 0 atom stereocenters. The molecule has 4 nitrogen and oxygen atoms in total. The van der Waals surface area contributed by atoms with E-state index in [1.54, 1.807) is 0 Å². The van der Waals surface area contributed by atoms with Crippen molar-refractivity contribution in [3.63, 3.8) is 0 Å². The van der Waals surface area contributed by atoms with Crippen molar-refractivity contribution >= 4 is 11.8 Å². The van der Waals surface area contributed by atoms with Gasteiger partial charge in [-0.05, 0) is 24.3 Å². The Morgan fingerprint density at radius 1 is 1.50 bits per heavy atom. The molecule has 0 radical (unpaired) electrons. The molecule has 14 heavy (non-hydrogen) atoms. The molecule has 0 spiro atoms. The van der Waals surface area contributed by atoms with Crippen LogP contribution >= 0.6 is 11.8 Å². The van der Waals surface area contributed by atoms with Gasteiger partial charge in [-0.25, -0.2) is 4.98 Å². The molecular formula is C9H16N4S. The second-order valence-corrected chi connectivity index (χ2v) is 5.21. The minimum Gasteiger partial charge on any atom is -0.324 e. The summed E-state index contributed by atoms with van der Waals surface area (Å²) in [5.41, 5.74) is 5.66. The number of thioether (sulfide) groups is 1. The molecule has 1 aromatic heterocycles. The maximum absolute atomic E-state index is 5.50. The Balaban J connectivity index is 2.19. The summed E-state index contributed by atoms with van der Waals surface area (Å²) in [7, 11) is 0. The van der Waals surface area contributed by atoms with Gasteiger partial charge < -0.3 is 5.73 Å². The second-order valence-electron chi connectivity index (χ2n) is 3.98. The van der Waals surface area contributed by atoms with Crippen LogP contribution in [0.4, 0.5) is 0 Å². The molecule has 0 saturated carbocycles. The number of hydrogen-bond acceptors (Lipinski definition) is 4. The predicted octanol–water partition coefficient (Wildman–Crippen LogP) is 1.05. The first-order valence-electron chi connectivity index (χ1n) is 4.94. The molecule has 2 heterocycles. The third-order valence-corrected chi connectivity index (χ3v) is 3.85.